The normalized spacial score (nSPS) is 15.1. The van der Waals surface area contributed by atoms with Gasteiger partial charge in [-0.05, 0) is 60.3 Å². The maximum atomic E-state index is 11.6. The van der Waals surface area contributed by atoms with Gasteiger partial charge in [0.15, 0.2) is 11.5 Å². The molecule has 0 saturated carbocycles. The molecule has 4 aromatic rings. The third-order valence-electron chi connectivity index (χ3n) is 5.94. The van der Waals surface area contributed by atoms with Crippen molar-refractivity contribution in [3.05, 3.63) is 111 Å². The lowest BCUT2D eigenvalue weighted by Gasteiger charge is -2.28. The number of nitrogens with two attached hydrogens (primary N) is 1. The van der Waals surface area contributed by atoms with Crippen molar-refractivity contribution in [2.75, 3.05) is 0 Å². The predicted octanol–water partition coefficient (Wildman–Crippen LogP) is 7.44. The fourth-order valence-corrected chi connectivity index (χ4v) is 4.47. The Hall–Kier alpha value is -4.28. The highest BCUT2D eigenvalue weighted by Gasteiger charge is 2.33. The smallest absolute Gasteiger partial charge is 0.205 e. The number of allylic oxidation sites excluding steroid dienone is 1. The summed E-state index contributed by atoms with van der Waals surface area (Å²) in [5.41, 5.74) is 10.0. The molecule has 6 nitrogen and oxygen atoms in total. The Morgan fingerprint density at radius 2 is 1.74 bits per heavy atom. The second kappa shape index (κ2) is 9.16. The van der Waals surface area contributed by atoms with E-state index in [9.17, 15) is 10.1 Å². The summed E-state index contributed by atoms with van der Waals surface area (Å²) in [5.74, 6) is 0.0903. The van der Waals surface area contributed by atoms with Crippen LogP contribution in [0.4, 0.5) is 11.4 Å². The van der Waals surface area contributed by atoms with E-state index in [0.29, 0.717) is 28.3 Å². The number of carbonyl (C=O) groups excluding carboxylic acids is 1. The Morgan fingerprint density at radius 1 is 1.03 bits per heavy atom. The van der Waals surface area contributed by atoms with Gasteiger partial charge in [-0.3, -0.25) is 4.79 Å². The highest BCUT2D eigenvalue weighted by molar-refractivity contribution is 9.10. The highest BCUT2D eigenvalue weighted by atomic mass is 79.9. The van der Waals surface area contributed by atoms with Crippen LogP contribution in [0, 0.1) is 11.3 Å². The molecule has 1 atom stereocenters. The van der Waals surface area contributed by atoms with Crippen LogP contribution >= 0.6 is 15.9 Å². The maximum absolute atomic E-state index is 11.6. The molecule has 170 valence electrons. The molecule has 0 aromatic heterocycles. The molecule has 0 bridgehead atoms. The molecule has 0 amide bonds. The van der Waals surface area contributed by atoms with Crippen LogP contribution < -0.4 is 10.5 Å². The number of hydrogen-bond donors (Lipinski definition) is 1. The van der Waals surface area contributed by atoms with E-state index in [1.165, 1.54) is 6.92 Å². The van der Waals surface area contributed by atoms with Crippen LogP contribution in [0.15, 0.2) is 105 Å². The van der Waals surface area contributed by atoms with Gasteiger partial charge in [0.1, 0.15) is 17.3 Å². The van der Waals surface area contributed by atoms with Crippen LogP contribution in [0.5, 0.6) is 5.75 Å². The molecule has 0 aliphatic carbocycles. The minimum absolute atomic E-state index is 0.0143. The molecule has 7 heteroatoms. The van der Waals surface area contributed by atoms with Gasteiger partial charge in [0.05, 0.1) is 11.6 Å². The van der Waals surface area contributed by atoms with Gasteiger partial charge >= 0.3 is 0 Å². The number of azo groups is 1. The molecular formula is C28H19BrN4O2. The molecule has 4 aromatic carbocycles. The van der Waals surface area contributed by atoms with Crippen molar-refractivity contribution in [1.82, 2.24) is 0 Å². The minimum atomic E-state index is -0.412. The average Bonchev–Trinajstić information content (AvgIpc) is 2.87. The summed E-state index contributed by atoms with van der Waals surface area (Å²) < 4.78 is 6.95. The number of Topliss-reactive ketones (excluding diaryl/α,β-unsaturated/α-hetero) is 1. The molecule has 1 aliphatic rings. The third-order valence-corrected chi connectivity index (χ3v) is 6.47. The zero-order valence-electron chi connectivity index (χ0n) is 18.7. The molecule has 1 aliphatic heterocycles. The zero-order valence-corrected chi connectivity index (χ0v) is 20.3. The summed E-state index contributed by atoms with van der Waals surface area (Å²) >= 11 is 3.47. The number of benzene rings is 4. The Balaban J connectivity index is 1.71. The van der Waals surface area contributed by atoms with Crippen molar-refractivity contribution in [3.8, 4) is 11.8 Å². The SMILES string of the molecule is CC(=O)c1ccc(N=Nc2c3c(cc4ccccc24)C(c2ccc(Br)cc2)C(C#N)=C(N)O3)cc1. The Labute approximate surface area is 210 Å². The van der Waals surface area contributed by atoms with Crippen molar-refractivity contribution in [3.63, 3.8) is 0 Å². The molecule has 0 spiro atoms. The summed E-state index contributed by atoms with van der Waals surface area (Å²) in [4.78, 5) is 11.6. The van der Waals surface area contributed by atoms with Gasteiger partial charge in [0, 0.05) is 21.0 Å². The first-order valence-corrected chi connectivity index (χ1v) is 11.7. The molecular weight excluding hydrogens is 504 g/mol. The summed E-state index contributed by atoms with van der Waals surface area (Å²) in [5, 5.41) is 20.7. The van der Waals surface area contributed by atoms with Gasteiger partial charge in [0.2, 0.25) is 5.88 Å². The first-order valence-electron chi connectivity index (χ1n) is 10.9. The summed E-state index contributed by atoms with van der Waals surface area (Å²) in [6.45, 7) is 1.52. The molecule has 35 heavy (non-hydrogen) atoms. The van der Waals surface area contributed by atoms with Gasteiger partial charge in [-0.2, -0.15) is 10.4 Å². The molecule has 1 heterocycles. The van der Waals surface area contributed by atoms with E-state index in [1.807, 2.05) is 54.6 Å². The van der Waals surface area contributed by atoms with Crippen LogP contribution in [-0.2, 0) is 0 Å². The minimum Gasteiger partial charge on any atom is -0.438 e. The van der Waals surface area contributed by atoms with E-state index >= 15 is 0 Å². The first kappa shape index (κ1) is 22.5. The second-order valence-electron chi connectivity index (χ2n) is 8.14. The lowest BCUT2D eigenvalue weighted by molar-refractivity contribution is 0.101. The number of ether oxygens (including phenoxy) is 1. The number of halogens is 1. The van der Waals surface area contributed by atoms with E-state index in [1.54, 1.807) is 24.3 Å². The Morgan fingerprint density at radius 3 is 2.43 bits per heavy atom. The van der Waals surface area contributed by atoms with Gasteiger partial charge in [-0.1, -0.05) is 52.3 Å². The van der Waals surface area contributed by atoms with E-state index in [0.717, 1.165) is 26.4 Å². The number of rotatable bonds is 4. The Kier molecular flexibility index (Phi) is 5.89. The van der Waals surface area contributed by atoms with Crippen LogP contribution in [0.25, 0.3) is 10.8 Å². The Bertz CT molecular complexity index is 1570. The lowest BCUT2D eigenvalue weighted by Crippen LogP contribution is -2.21. The quantitative estimate of drug-likeness (QED) is 0.222. The van der Waals surface area contributed by atoms with Crippen molar-refractivity contribution in [2.45, 2.75) is 12.8 Å². The monoisotopic (exact) mass is 522 g/mol. The van der Waals surface area contributed by atoms with Crippen molar-refractivity contribution < 1.29 is 9.53 Å². The molecule has 1 unspecified atom stereocenters. The molecule has 0 saturated heterocycles. The second-order valence-corrected chi connectivity index (χ2v) is 9.06. The third kappa shape index (κ3) is 4.20. The van der Waals surface area contributed by atoms with Gasteiger partial charge in [0.25, 0.3) is 0 Å². The van der Waals surface area contributed by atoms with E-state index in [2.05, 4.69) is 32.2 Å². The largest absolute Gasteiger partial charge is 0.438 e. The topological polar surface area (TPSA) is 101 Å². The summed E-state index contributed by atoms with van der Waals surface area (Å²) in [6.07, 6.45) is 0. The summed E-state index contributed by atoms with van der Waals surface area (Å²) in [6, 6.07) is 26.8. The molecule has 0 radical (unpaired) electrons. The van der Waals surface area contributed by atoms with Crippen LogP contribution in [0.3, 0.4) is 0 Å². The van der Waals surface area contributed by atoms with Crippen LogP contribution in [0.2, 0.25) is 0 Å². The number of ketones is 1. The predicted molar refractivity (Wildman–Crippen MR) is 138 cm³/mol. The fraction of sp³-hybridized carbons (Fsp3) is 0.0714. The van der Waals surface area contributed by atoms with Crippen LogP contribution in [-0.4, -0.2) is 5.78 Å². The van der Waals surface area contributed by atoms with Crippen LogP contribution in [0.1, 0.15) is 34.3 Å². The van der Waals surface area contributed by atoms with Crippen molar-refractivity contribution in [2.24, 2.45) is 16.0 Å². The number of fused-ring (bicyclic) bond motifs is 2. The number of nitriles is 1. The van der Waals surface area contributed by atoms with E-state index < -0.39 is 5.92 Å². The van der Waals surface area contributed by atoms with Gasteiger partial charge < -0.3 is 10.5 Å². The number of hydrogen-bond acceptors (Lipinski definition) is 6. The lowest BCUT2D eigenvalue weighted by atomic mass is 9.82. The fourth-order valence-electron chi connectivity index (χ4n) is 4.21. The van der Waals surface area contributed by atoms with E-state index in [-0.39, 0.29) is 11.7 Å². The van der Waals surface area contributed by atoms with Gasteiger partial charge in [-0.25, -0.2) is 0 Å². The first-order chi connectivity index (χ1) is 17.0. The standard InChI is InChI=1S/C28H19BrN4O2/c1-16(34)17-8-12-21(13-9-17)32-33-26-22-5-3-2-4-19(22)14-23-25(18-6-10-20(29)11-7-18)24(15-30)28(31)35-27(23)26/h2-14,25H,31H2,1H3. The van der Waals surface area contributed by atoms with Crippen molar-refractivity contribution in [1.29, 1.82) is 5.26 Å². The summed E-state index contributed by atoms with van der Waals surface area (Å²) in [7, 11) is 0. The maximum Gasteiger partial charge on any atom is 0.205 e. The molecule has 0 fully saturated rings. The van der Waals surface area contributed by atoms with Crippen molar-refractivity contribution >= 4 is 43.9 Å². The highest BCUT2D eigenvalue weighted by Crippen LogP contribution is 2.50. The number of carbonyl (C=O) groups is 1. The number of nitrogens with zero attached hydrogens (tertiary/aromatic N) is 3. The average molecular weight is 523 g/mol. The van der Waals surface area contributed by atoms with E-state index in [4.69, 9.17) is 10.5 Å². The molecule has 2 N–H and O–H groups in total. The van der Waals surface area contributed by atoms with Gasteiger partial charge in [-0.15, -0.1) is 5.11 Å². The molecule has 5 rings (SSSR count). The zero-order chi connectivity index (χ0) is 24.5.